The number of halogens is 1. The molecule has 1 heterocycles. The van der Waals surface area contributed by atoms with Gasteiger partial charge in [-0.15, -0.1) is 11.3 Å². The summed E-state index contributed by atoms with van der Waals surface area (Å²) in [5.74, 6) is 0.801. The molecule has 1 aromatic heterocycles. The van der Waals surface area contributed by atoms with Crippen LogP contribution in [0.1, 0.15) is 29.1 Å². The normalized spacial score (nSPS) is 11.5. The van der Waals surface area contributed by atoms with E-state index in [1.165, 1.54) is 5.01 Å². The topological polar surface area (TPSA) is 49.3 Å². The van der Waals surface area contributed by atoms with E-state index in [9.17, 15) is 0 Å². The fourth-order valence-corrected chi connectivity index (χ4v) is 3.19. The summed E-state index contributed by atoms with van der Waals surface area (Å²) in [5, 5.41) is 10.7. The van der Waals surface area contributed by atoms with Crippen molar-refractivity contribution >= 4 is 28.9 Å². The van der Waals surface area contributed by atoms with Gasteiger partial charge in [-0.25, -0.2) is 4.98 Å². The van der Waals surface area contributed by atoms with Crippen molar-refractivity contribution in [3.05, 3.63) is 50.9 Å². The van der Waals surface area contributed by atoms with Gasteiger partial charge in [0.1, 0.15) is 0 Å². The number of guanidine groups is 1. The first-order valence-electron chi connectivity index (χ1n) is 7.78. The quantitative estimate of drug-likeness (QED) is 0.453. The van der Waals surface area contributed by atoms with E-state index in [4.69, 9.17) is 11.6 Å². The summed E-state index contributed by atoms with van der Waals surface area (Å²) >= 11 is 7.90. The van der Waals surface area contributed by atoms with Gasteiger partial charge in [0.05, 0.1) is 5.01 Å². The van der Waals surface area contributed by atoms with Crippen LogP contribution >= 0.6 is 22.9 Å². The minimum atomic E-state index is 0.664. The van der Waals surface area contributed by atoms with Crippen LogP contribution in [-0.4, -0.2) is 24.5 Å². The Hall–Kier alpha value is -1.59. The Morgan fingerprint density at radius 2 is 2.09 bits per heavy atom. The summed E-state index contributed by atoms with van der Waals surface area (Å²) in [6.45, 7) is 3.60. The lowest BCUT2D eigenvalue weighted by Crippen LogP contribution is -2.37. The number of hydrogen-bond donors (Lipinski definition) is 2. The summed E-state index contributed by atoms with van der Waals surface area (Å²) in [5.41, 5.74) is 2.18. The molecule has 124 valence electrons. The summed E-state index contributed by atoms with van der Waals surface area (Å²) in [6, 6.07) is 7.83. The SMILES string of the molecule is CN=C(NCCCCc1nc(C)cs1)NCc1ccccc1Cl. The van der Waals surface area contributed by atoms with Crippen LogP contribution in [0.15, 0.2) is 34.6 Å². The van der Waals surface area contributed by atoms with Gasteiger partial charge < -0.3 is 10.6 Å². The first-order valence-corrected chi connectivity index (χ1v) is 9.03. The molecule has 0 aliphatic carbocycles. The molecular weight excluding hydrogens is 328 g/mol. The van der Waals surface area contributed by atoms with Gasteiger partial charge in [0.25, 0.3) is 0 Å². The van der Waals surface area contributed by atoms with Crippen LogP contribution in [0.25, 0.3) is 0 Å². The molecule has 0 atom stereocenters. The zero-order valence-corrected chi connectivity index (χ0v) is 15.2. The maximum absolute atomic E-state index is 6.15. The predicted molar refractivity (Wildman–Crippen MR) is 99.4 cm³/mol. The van der Waals surface area contributed by atoms with Gasteiger partial charge in [-0.2, -0.15) is 0 Å². The van der Waals surface area contributed by atoms with E-state index in [1.807, 2.05) is 31.2 Å². The number of nitrogens with zero attached hydrogens (tertiary/aromatic N) is 2. The van der Waals surface area contributed by atoms with Gasteiger partial charge >= 0.3 is 0 Å². The van der Waals surface area contributed by atoms with Gasteiger partial charge in [-0.1, -0.05) is 29.8 Å². The Balaban J connectivity index is 1.64. The number of aryl methyl sites for hydroxylation is 2. The summed E-state index contributed by atoms with van der Waals surface area (Å²) in [4.78, 5) is 8.71. The van der Waals surface area contributed by atoms with Gasteiger partial charge in [0, 0.05) is 36.2 Å². The standard InChI is InChI=1S/C17H23ClN4S/c1-13-12-23-16(22-13)9-5-6-10-20-17(19-2)21-11-14-7-3-4-8-15(14)18/h3-4,7-8,12H,5-6,9-11H2,1-2H3,(H2,19,20,21). The molecule has 23 heavy (non-hydrogen) atoms. The molecule has 1 aromatic carbocycles. The molecule has 0 unspecified atom stereocenters. The third kappa shape index (κ3) is 6.20. The van der Waals surface area contributed by atoms with Gasteiger partial charge in [-0.05, 0) is 37.8 Å². The Morgan fingerprint density at radius 3 is 2.78 bits per heavy atom. The molecule has 0 aliphatic rings. The van der Waals surface area contributed by atoms with E-state index >= 15 is 0 Å². The number of hydrogen-bond acceptors (Lipinski definition) is 3. The van der Waals surface area contributed by atoms with Gasteiger partial charge in [0.2, 0.25) is 0 Å². The fourth-order valence-electron chi connectivity index (χ4n) is 2.17. The number of nitrogens with one attached hydrogen (secondary N) is 2. The average molecular weight is 351 g/mol. The van der Waals surface area contributed by atoms with E-state index in [2.05, 4.69) is 26.0 Å². The first-order chi connectivity index (χ1) is 11.2. The second-order valence-electron chi connectivity index (χ2n) is 5.28. The monoisotopic (exact) mass is 350 g/mol. The molecule has 2 rings (SSSR count). The molecule has 6 heteroatoms. The lowest BCUT2D eigenvalue weighted by atomic mass is 10.2. The van der Waals surface area contributed by atoms with E-state index in [1.54, 1.807) is 18.4 Å². The molecule has 0 saturated carbocycles. The Labute approximate surface area is 147 Å². The zero-order valence-electron chi connectivity index (χ0n) is 13.6. The molecule has 2 N–H and O–H groups in total. The smallest absolute Gasteiger partial charge is 0.191 e. The molecule has 0 fully saturated rings. The van der Waals surface area contributed by atoms with Crippen LogP contribution in [0.4, 0.5) is 0 Å². The first kappa shape index (κ1) is 17.8. The van der Waals surface area contributed by atoms with E-state index < -0.39 is 0 Å². The Kier molecular flexibility index (Phi) is 7.36. The average Bonchev–Trinajstić information content (AvgIpc) is 2.97. The molecule has 0 amide bonds. The summed E-state index contributed by atoms with van der Waals surface area (Å²) in [7, 11) is 1.78. The molecule has 2 aromatic rings. The molecule has 0 saturated heterocycles. The van der Waals surface area contributed by atoms with Crippen molar-refractivity contribution in [2.75, 3.05) is 13.6 Å². The maximum atomic E-state index is 6.15. The van der Waals surface area contributed by atoms with Crippen LogP contribution in [0, 0.1) is 6.92 Å². The van der Waals surface area contributed by atoms with Crippen molar-refractivity contribution in [2.24, 2.45) is 4.99 Å². The van der Waals surface area contributed by atoms with Crippen LogP contribution in [0.3, 0.4) is 0 Å². The third-order valence-electron chi connectivity index (χ3n) is 3.40. The molecule has 4 nitrogen and oxygen atoms in total. The van der Waals surface area contributed by atoms with E-state index in [0.29, 0.717) is 6.54 Å². The number of aliphatic imine (C=N–C) groups is 1. The van der Waals surface area contributed by atoms with Crippen molar-refractivity contribution in [2.45, 2.75) is 32.7 Å². The Morgan fingerprint density at radius 1 is 1.26 bits per heavy atom. The number of rotatable bonds is 7. The highest BCUT2D eigenvalue weighted by Gasteiger charge is 2.02. The lowest BCUT2D eigenvalue weighted by molar-refractivity contribution is 0.692. The van der Waals surface area contributed by atoms with Gasteiger partial charge in [-0.3, -0.25) is 4.99 Å². The minimum absolute atomic E-state index is 0.664. The molecule has 0 bridgehead atoms. The molecule has 0 aliphatic heterocycles. The largest absolute Gasteiger partial charge is 0.356 e. The minimum Gasteiger partial charge on any atom is -0.356 e. The van der Waals surface area contributed by atoms with Crippen molar-refractivity contribution in [3.8, 4) is 0 Å². The Bertz CT molecular complexity index is 639. The summed E-state index contributed by atoms with van der Waals surface area (Å²) in [6.07, 6.45) is 3.26. The lowest BCUT2D eigenvalue weighted by Gasteiger charge is -2.12. The third-order valence-corrected chi connectivity index (χ3v) is 4.80. The van der Waals surface area contributed by atoms with Crippen molar-refractivity contribution in [1.29, 1.82) is 0 Å². The number of unbranched alkanes of at least 4 members (excludes halogenated alkanes) is 1. The molecule has 0 radical (unpaired) electrons. The van der Waals surface area contributed by atoms with Crippen molar-refractivity contribution < 1.29 is 0 Å². The van der Waals surface area contributed by atoms with E-state index in [0.717, 1.165) is 48.0 Å². The van der Waals surface area contributed by atoms with Crippen LogP contribution in [0.2, 0.25) is 5.02 Å². The van der Waals surface area contributed by atoms with Crippen molar-refractivity contribution in [3.63, 3.8) is 0 Å². The molecule has 0 spiro atoms. The predicted octanol–water partition coefficient (Wildman–Crippen LogP) is 3.79. The second-order valence-corrected chi connectivity index (χ2v) is 6.63. The molecular formula is C17H23ClN4S. The maximum Gasteiger partial charge on any atom is 0.191 e. The number of benzene rings is 1. The highest BCUT2D eigenvalue weighted by molar-refractivity contribution is 7.09. The number of aromatic nitrogens is 1. The van der Waals surface area contributed by atoms with Crippen LogP contribution in [0.5, 0.6) is 0 Å². The second kappa shape index (κ2) is 9.53. The fraction of sp³-hybridized carbons (Fsp3) is 0.412. The van der Waals surface area contributed by atoms with Crippen molar-refractivity contribution in [1.82, 2.24) is 15.6 Å². The van der Waals surface area contributed by atoms with Crippen LogP contribution in [-0.2, 0) is 13.0 Å². The zero-order chi connectivity index (χ0) is 16.5. The highest BCUT2D eigenvalue weighted by atomic mass is 35.5. The van der Waals surface area contributed by atoms with E-state index in [-0.39, 0.29) is 0 Å². The van der Waals surface area contributed by atoms with Gasteiger partial charge in [0.15, 0.2) is 5.96 Å². The number of thiazole rings is 1. The summed E-state index contributed by atoms with van der Waals surface area (Å²) < 4.78 is 0. The highest BCUT2D eigenvalue weighted by Crippen LogP contribution is 2.14. The van der Waals surface area contributed by atoms with Crippen LogP contribution < -0.4 is 10.6 Å².